The summed E-state index contributed by atoms with van der Waals surface area (Å²) in [6, 6.07) is 4.95. The number of thiocarbonyl (C=S) groups is 1. The molecule has 2 rings (SSSR count). The molecule has 15 heavy (non-hydrogen) atoms. The van der Waals surface area contributed by atoms with Crippen molar-refractivity contribution in [1.82, 2.24) is 0 Å². The van der Waals surface area contributed by atoms with E-state index in [1.54, 1.807) is 18.2 Å². The Labute approximate surface area is 107 Å². The number of carbonyl (C=O) groups excluding carboxylic acids is 1. The van der Waals surface area contributed by atoms with Gasteiger partial charge >= 0.3 is 0 Å². The molecule has 0 spiro atoms. The van der Waals surface area contributed by atoms with Crippen LogP contribution in [0.3, 0.4) is 0 Å². The van der Waals surface area contributed by atoms with Crippen LogP contribution in [-0.2, 0) is 4.79 Å². The molecule has 0 unspecified atom stereocenters. The maximum absolute atomic E-state index is 11.5. The first-order valence-corrected chi connectivity index (χ1v) is 6.19. The van der Waals surface area contributed by atoms with E-state index in [1.165, 1.54) is 16.7 Å². The van der Waals surface area contributed by atoms with Crippen LogP contribution in [0.4, 0.5) is 5.69 Å². The van der Waals surface area contributed by atoms with E-state index in [4.69, 9.17) is 35.4 Å². The molecule has 0 bridgehead atoms. The zero-order valence-electron chi connectivity index (χ0n) is 7.37. The minimum Gasteiger partial charge on any atom is -0.273 e. The van der Waals surface area contributed by atoms with Gasteiger partial charge in [0.2, 0.25) is 5.91 Å². The molecule has 1 amide bonds. The third kappa shape index (κ3) is 2.28. The molecule has 0 atom stereocenters. The zero-order valence-corrected chi connectivity index (χ0v) is 10.5. The summed E-state index contributed by atoms with van der Waals surface area (Å²) in [5.74, 6) is 0.339. The van der Waals surface area contributed by atoms with Crippen LogP contribution in [0.5, 0.6) is 0 Å². The molecule has 0 aromatic heterocycles. The van der Waals surface area contributed by atoms with Gasteiger partial charge in [0.1, 0.15) is 4.32 Å². The number of amides is 1. The second-order valence-electron chi connectivity index (χ2n) is 2.91. The van der Waals surface area contributed by atoms with Crippen molar-refractivity contribution in [2.45, 2.75) is 0 Å². The molecule has 0 aliphatic carbocycles. The first kappa shape index (κ1) is 11.2. The van der Waals surface area contributed by atoms with Gasteiger partial charge in [-0.25, -0.2) is 0 Å². The number of halogens is 2. The predicted molar refractivity (Wildman–Crippen MR) is 69.0 cm³/mol. The molecule has 0 N–H and O–H groups in total. The predicted octanol–water partition coefficient (Wildman–Crippen LogP) is 3.36. The van der Waals surface area contributed by atoms with E-state index < -0.39 is 0 Å². The van der Waals surface area contributed by atoms with Gasteiger partial charge in [-0.3, -0.25) is 9.69 Å². The summed E-state index contributed by atoms with van der Waals surface area (Å²) in [6.07, 6.45) is 0. The number of carbonyl (C=O) groups is 1. The molecule has 1 aromatic carbocycles. The Morgan fingerprint density at radius 3 is 2.33 bits per heavy atom. The average Bonchev–Trinajstić information content (AvgIpc) is 2.44. The summed E-state index contributed by atoms with van der Waals surface area (Å²) >= 11 is 18.1. The van der Waals surface area contributed by atoms with Crippen molar-refractivity contribution in [3.05, 3.63) is 28.2 Å². The van der Waals surface area contributed by atoms with Crippen LogP contribution in [0.1, 0.15) is 0 Å². The van der Waals surface area contributed by atoms with E-state index in [2.05, 4.69) is 0 Å². The molecule has 0 saturated carbocycles. The molecule has 1 aliphatic rings. The highest BCUT2D eigenvalue weighted by Gasteiger charge is 2.28. The van der Waals surface area contributed by atoms with Gasteiger partial charge in [-0.15, -0.1) is 0 Å². The fourth-order valence-electron chi connectivity index (χ4n) is 1.27. The Bertz CT molecular complexity index is 413. The molecule has 1 fully saturated rings. The normalized spacial score (nSPS) is 16.3. The zero-order chi connectivity index (χ0) is 11.0. The van der Waals surface area contributed by atoms with Gasteiger partial charge in [-0.2, -0.15) is 0 Å². The molecular formula is C9H5Cl2NOS2. The minimum absolute atomic E-state index is 0.0386. The second kappa shape index (κ2) is 4.29. The van der Waals surface area contributed by atoms with E-state index in [1.807, 2.05) is 0 Å². The van der Waals surface area contributed by atoms with Crippen LogP contribution in [-0.4, -0.2) is 16.0 Å². The molecule has 2 nitrogen and oxygen atoms in total. The number of nitrogens with zero attached hydrogens (tertiary/aromatic N) is 1. The molecule has 1 aromatic rings. The van der Waals surface area contributed by atoms with Crippen LogP contribution < -0.4 is 4.90 Å². The van der Waals surface area contributed by atoms with Gasteiger partial charge in [0.15, 0.2) is 0 Å². The summed E-state index contributed by atoms with van der Waals surface area (Å²) < 4.78 is 0.540. The highest BCUT2D eigenvalue weighted by atomic mass is 35.5. The van der Waals surface area contributed by atoms with Gasteiger partial charge in [0.25, 0.3) is 0 Å². The van der Waals surface area contributed by atoms with Crippen LogP contribution in [0, 0.1) is 0 Å². The Morgan fingerprint density at radius 1 is 1.27 bits per heavy atom. The van der Waals surface area contributed by atoms with Crippen LogP contribution in [0.25, 0.3) is 0 Å². The van der Waals surface area contributed by atoms with Crippen LogP contribution >= 0.6 is 47.2 Å². The topological polar surface area (TPSA) is 20.3 Å². The van der Waals surface area contributed by atoms with Crippen molar-refractivity contribution in [1.29, 1.82) is 0 Å². The SMILES string of the molecule is O=C1CSC(=S)N1c1cc(Cl)cc(Cl)c1. The summed E-state index contributed by atoms with van der Waals surface area (Å²) in [4.78, 5) is 13.0. The smallest absolute Gasteiger partial charge is 0.243 e. The third-order valence-corrected chi connectivity index (χ3v) is 3.65. The lowest BCUT2D eigenvalue weighted by molar-refractivity contribution is -0.115. The Morgan fingerprint density at radius 2 is 1.87 bits per heavy atom. The fourth-order valence-corrected chi connectivity index (χ4v) is 2.88. The van der Waals surface area contributed by atoms with E-state index in [0.29, 0.717) is 25.8 Å². The second-order valence-corrected chi connectivity index (χ2v) is 5.39. The number of hydrogen-bond donors (Lipinski definition) is 0. The summed E-state index contributed by atoms with van der Waals surface area (Å²) in [5, 5.41) is 0.981. The highest BCUT2D eigenvalue weighted by molar-refractivity contribution is 8.24. The largest absolute Gasteiger partial charge is 0.273 e. The maximum atomic E-state index is 11.5. The van der Waals surface area contributed by atoms with Crippen LogP contribution in [0.2, 0.25) is 10.0 Å². The fraction of sp³-hybridized carbons (Fsp3) is 0.111. The number of anilines is 1. The molecule has 0 radical (unpaired) electrons. The molecular weight excluding hydrogens is 273 g/mol. The minimum atomic E-state index is -0.0386. The number of benzene rings is 1. The molecule has 78 valence electrons. The third-order valence-electron chi connectivity index (χ3n) is 1.86. The maximum Gasteiger partial charge on any atom is 0.243 e. The molecule has 1 heterocycles. The monoisotopic (exact) mass is 277 g/mol. The number of thioether (sulfide) groups is 1. The average molecular weight is 278 g/mol. The van der Waals surface area contributed by atoms with Gasteiger partial charge in [-0.1, -0.05) is 47.2 Å². The van der Waals surface area contributed by atoms with Crippen molar-refractivity contribution >= 4 is 63.1 Å². The van der Waals surface area contributed by atoms with Crippen LogP contribution in [0.15, 0.2) is 18.2 Å². The standard InChI is InChI=1S/C9H5Cl2NOS2/c10-5-1-6(11)3-7(2-5)12-8(13)4-15-9(12)14/h1-3H,4H2. The Hall–Kier alpha value is -0.290. The first-order valence-electron chi connectivity index (χ1n) is 4.04. The van der Waals surface area contributed by atoms with E-state index in [0.717, 1.165) is 0 Å². The summed E-state index contributed by atoms with van der Waals surface area (Å²) in [7, 11) is 0. The Balaban J connectivity index is 2.44. The quantitative estimate of drug-likeness (QED) is 0.735. The molecule has 1 aliphatic heterocycles. The molecule has 6 heteroatoms. The molecule has 1 saturated heterocycles. The summed E-state index contributed by atoms with van der Waals surface area (Å²) in [5.41, 5.74) is 0.632. The van der Waals surface area contributed by atoms with E-state index >= 15 is 0 Å². The number of rotatable bonds is 1. The lowest BCUT2D eigenvalue weighted by atomic mass is 10.3. The van der Waals surface area contributed by atoms with E-state index in [-0.39, 0.29) is 5.91 Å². The lowest BCUT2D eigenvalue weighted by Crippen LogP contribution is -2.27. The summed E-state index contributed by atoms with van der Waals surface area (Å²) in [6.45, 7) is 0. The first-order chi connectivity index (χ1) is 7.08. The van der Waals surface area contributed by atoms with Crippen molar-refractivity contribution in [3.63, 3.8) is 0 Å². The van der Waals surface area contributed by atoms with Gasteiger partial charge < -0.3 is 0 Å². The van der Waals surface area contributed by atoms with Gasteiger partial charge in [-0.05, 0) is 18.2 Å². The lowest BCUT2D eigenvalue weighted by Gasteiger charge is -2.15. The number of hydrogen-bond acceptors (Lipinski definition) is 3. The highest BCUT2D eigenvalue weighted by Crippen LogP contribution is 2.31. The van der Waals surface area contributed by atoms with E-state index in [9.17, 15) is 4.79 Å². The van der Waals surface area contributed by atoms with Crippen molar-refractivity contribution < 1.29 is 4.79 Å². The Kier molecular flexibility index (Phi) is 3.21. The van der Waals surface area contributed by atoms with Crippen molar-refractivity contribution in [3.8, 4) is 0 Å². The van der Waals surface area contributed by atoms with Crippen molar-refractivity contribution in [2.75, 3.05) is 10.7 Å². The van der Waals surface area contributed by atoms with Gasteiger partial charge in [0, 0.05) is 10.0 Å². The van der Waals surface area contributed by atoms with Gasteiger partial charge in [0.05, 0.1) is 11.4 Å². The van der Waals surface area contributed by atoms with Crippen molar-refractivity contribution in [2.24, 2.45) is 0 Å².